The topological polar surface area (TPSA) is 50.4 Å². The van der Waals surface area contributed by atoms with Crippen molar-refractivity contribution in [1.29, 1.82) is 0 Å². The van der Waals surface area contributed by atoms with Crippen LogP contribution in [-0.2, 0) is 4.79 Å². The van der Waals surface area contributed by atoms with E-state index < -0.39 is 0 Å². The highest BCUT2D eigenvalue weighted by Crippen LogP contribution is 2.22. The van der Waals surface area contributed by atoms with Crippen molar-refractivity contribution in [2.45, 2.75) is 6.92 Å². The molecule has 0 fully saturated rings. The van der Waals surface area contributed by atoms with Gasteiger partial charge in [0, 0.05) is 11.4 Å². The van der Waals surface area contributed by atoms with E-state index in [1.807, 2.05) is 85.8 Å². The van der Waals surface area contributed by atoms with Gasteiger partial charge in [-0.05, 0) is 55.0 Å². The molecule has 126 valence electrons. The molecular formula is C21H20N2O2. The molecule has 0 atom stereocenters. The average Bonchev–Trinajstić information content (AvgIpc) is 2.64. The van der Waals surface area contributed by atoms with Gasteiger partial charge in [0.15, 0.2) is 0 Å². The highest BCUT2D eigenvalue weighted by molar-refractivity contribution is 5.93. The summed E-state index contributed by atoms with van der Waals surface area (Å²) in [6.07, 6.45) is 0. The van der Waals surface area contributed by atoms with Crippen molar-refractivity contribution >= 4 is 17.3 Å². The molecule has 0 bridgehead atoms. The number of hydrogen-bond donors (Lipinski definition) is 2. The first-order valence-electron chi connectivity index (χ1n) is 8.13. The zero-order valence-electron chi connectivity index (χ0n) is 14.0. The molecule has 0 heterocycles. The summed E-state index contributed by atoms with van der Waals surface area (Å²) in [7, 11) is 0. The Balaban J connectivity index is 1.52. The van der Waals surface area contributed by atoms with E-state index in [4.69, 9.17) is 4.74 Å². The predicted molar refractivity (Wildman–Crippen MR) is 101 cm³/mol. The Kier molecular flexibility index (Phi) is 5.32. The minimum absolute atomic E-state index is 0.0972. The van der Waals surface area contributed by atoms with E-state index >= 15 is 0 Å². The smallest absolute Gasteiger partial charge is 0.243 e. The Morgan fingerprint density at radius 3 is 2.20 bits per heavy atom. The SMILES string of the molecule is Cc1ccccc1NCC(=O)Nc1ccc(Oc2ccccc2)cc1. The second-order valence-electron chi connectivity index (χ2n) is 5.66. The number of rotatable bonds is 6. The van der Waals surface area contributed by atoms with E-state index in [2.05, 4.69) is 10.6 Å². The van der Waals surface area contributed by atoms with Gasteiger partial charge in [-0.25, -0.2) is 0 Å². The molecule has 0 aliphatic carbocycles. The number of ether oxygens (including phenoxy) is 1. The molecule has 3 aromatic rings. The minimum atomic E-state index is -0.0972. The van der Waals surface area contributed by atoms with Crippen LogP contribution in [0.4, 0.5) is 11.4 Å². The van der Waals surface area contributed by atoms with E-state index in [1.54, 1.807) is 0 Å². The molecule has 0 saturated carbocycles. The fraction of sp³-hybridized carbons (Fsp3) is 0.0952. The molecule has 0 radical (unpaired) electrons. The van der Waals surface area contributed by atoms with Crippen molar-refractivity contribution in [3.05, 3.63) is 84.4 Å². The molecule has 0 aromatic heterocycles. The molecule has 0 aliphatic rings. The van der Waals surface area contributed by atoms with E-state index in [9.17, 15) is 4.79 Å². The lowest BCUT2D eigenvalue weighted by atomic mass is 10.2. The predicted octanol–water partition coefficient (Wildman–Crippen LogP) is 4.84. The standard InChI is InChI=1S/C21H20N2O2/c1-16-7-5-6-10-20(16)22-15-21(24)23-17-11-13-19(14-12-17)25-18-8-3-2-4-9-18/h2-14,22H,15H2,1H3,(H,23,24). The number of carbonyl (C=O) groups is 1. The number of carbonyl (C=O) groups excluding carboxylic acids is 1. The Labute approximate surface area is 147 Å². The quantitative estimate of drug-likeness (QED) is 0.679. The first-order chi connectivity index (χ1) is 12.2. The molecule has 0 saturated heterocycles. The van der Waals surface area contributed by atoms with Gasteiger partial charge < -0.3 is 15.4 Å². The van der Waals surface area contributed by atoms with Crippen LogP contribution in [-0.4, -0.2) is 12.5 Å². The third kappa shape index (κ3) is 4.85. The van der Waals surface area contributed by atoms with Crippen molar-refractivity contribution in [3.8, 4) is 11.5 Å². The lowest BCUT2D eigenvalue weighted by Gasteiger charge is -2.10. The number of hydrogen-bond acceptors (Lipinski definition) is 3. The molecule has 4 nitrogen and oxygen atoms in total. The Bertz CT molecular complexity index is 830. The molecule has 4 heteroatoms. The van der Waals surface area contributed by atoms with Crippen LogP contribution in [0.2, 0.25) is 0 Å². The fourth-order valence-corrected chi connectivity index (χ4v) is 2.38. The summed E-state index contributed by atoms with van der Waals surface area (Å²) in [5.74, 6) is 1.41. The van der Waals surface area contributed by atoms with Crippen LogP contribution < -0.4 is 15.4 Å². The lowest BCUT2D eigenvalue weighted by Crippen LogP contribution is -2.21. The van der Waals surface area contributed by atoms with Gasteiger partial charge in [0.2, 0.25) is 5.91 Å². The summed E-state index contributed by atoms with van der Waals surface area (Å²) in [5, 5.41) is 6.01. The van der Waals surface area contributed by atoms with E-state index in [-0.39, 0.29) is 12.5 Å². The van der Waals surface area contributed by atoms with Crippen LogP contribution in [0.1, 0.15) is 5.56 Å². The Morgan fingerprint density at radius 1 is 0.840 bits per heavy atom. The summed E-state index contributed by atoms with van der Waals surface area (Å²) < 4.78 is 5.73. The normalized spacial score (nSPS) is 10.1. The molecule has 0 aliphatic heterocycles. The van der Waals surface area contributed by atoms with Gasteiger partial charge in [0.1, 0.15) is 11.5 Å². The number of anilines is 2. The van der Waals surface area contributed by atoms with E-state index in [0.717, 1.165) is 28.4 Å². The Hall–Kier alpha value is -3.27. The first kappa shape index (κ1) is 16.6. The van der Waals surface area contributed by atoms with Gasteiger partial charge in [-0.1, -0.05) is 36.4 Å². The summed E-state index contributed by atoms with van der Waals surface area (Å²) >= 11 is 0. The van der Waals surface area contributed by atoms with Gasteiger partial charge in [-0.2, -0.15) is 0 Å². The van der Waals surface area contributed by atoms with Crippen molar-refractivity contribution in [2.24, 2.45) is 0 Å². The average molecular weight is 332 g/mol. The van der Waals surface area contributed by atoms with Crippen LogP contribution in [0, 0.1) is 6.92 Å². The fourth-order valence-electron chi connectivity index (χ4n) is 2.38. The third-order valence-corrected chi connectivity index (χ3v) is 3.70. The molecule has 0 spiro atoms. The van der Waals surface area contributed by atoms with E-state index in [1.165, 1.54) is 0 Å². The number of benzene rings is 3. The lowest BCUT2D eigenvalue weighted by molar-refractivity contribution is -0.114. The van der Waals surface area contributed by atoms with Crippen molar-refractivity contribution < 1.29 is 9.53 Å². The minimum Gasteiger partial charge on any atom is -0.457 e. The van der Waals surface area contributed by atoms with Gasteiger partial charge >= 0.3 is 0 Å². The monoisotopic (exact) mass is 332 g/mol. The molecule has 2 N–H and O–H groups in total. The second-order valence-corrected chi connectivity index (χ2v) is 5.66. The maximum Gasteiger partial charge on any atom is 0.243 e. The summed E-state index contributed by atoms with van der Waals surface area (Å²) in [5.41, 5.74) is 2.80. The highest BCUT2D eigenvalue weighted by atomic mass is 16.5. The highest BCUT2D eigenvalue weighted by Gasteiger charge is 2.04. The van der Waals surface area contributed by atoms with Crippen LogP contribution in [0.25, 0.3) is 0 Å². The van der Waals surface area contributed by atoms with Crippen LogP contribution in [0.5, 0.6) is 11.5 Å². The summed E-state index contributed by atoms with van der Waals surface area (Å²) in [4.78, 5) is 12.1. The first-order valence-corrected chi connectivity index (χ1v) is 8.13. The van der Waals surface area contributed by atoms with Gasteiger partial charge in [0.25, 0.3) is 0 Å². The van der Waals surface area contributed by atoms with E-state index in [0.29, 0.717) is 0 Å². The number of aryl methyl sites for hydroxylation is 1. The zero-order valence-corrected chi connectivity index (χ0v) is 14.0. The van der Waals surface area contributed by atoms with Crippen molar-refractivity contribution in [2.75, 3.05) is 17.2 Å². The molecular weight excluding hydrogens is 312 g/mol. The summed E-state index contributed by atoms with van der Waals surface area (Å²) in [6, 6.07) is 24.8. The summed E-state index contributed by atoms with van der Waals surface area (Å²) in [6.45, 7) is 2.22. The molecule has 0 unspecified atom stereocenters. The zero-order chi connectivity index (χ0) is 17.5. The number of para-hydroxylation sites is 2. The molecule has 3 rings (SSSR count). The Morgan fingerprint density at radius 2 is 1.48 bits per heavy atom. The maximum atomic E-state index is 12.1. The third-order valence-electron chi connectivity index (χ3n) is 3.70. The number of nitrogens with one attached hydrogen (secondary N) is 2. The van der Waals surface area contributed by atoms with Gasteiger partial charge in [-0.3, -0.25) is 4.79 Å². The number of amides is 1. The van der Waals surface area contributed by atoms with Crippen LogP contribution in [0.15, 0.2) is 78.9 Å². The van der Waals surface area contributed by atoms with Crippen molar-refractivity contribution in [3.63, 3.8) is 0 Å². The van der Waals surface area contributed by atoms with Gasteiger partial charge in [-0.15, -0.1) is 0 Å². The van der Waals surface area contributed by atoms with Crippen molar-refractivity contribution in [1.82, 2.24) is 0 Å². The molecule has 1 amide bonds. The molecule has 25 heavy (non-hydrogen) atoms. The van der Waals surface area contributed by atoms with Crippen LogP contribution in [0.3, 0.4) is 0 Å². The largest absolute Gasteiger partial charge is 0.457 e. The maximum absolute atomic E-state index is 12.1. The molecule has 3 aromatic carbocycles. The van der Waals surface area contributed by atoms with Gasteiger partial charge in [0.05, 0.1) is 6.54 Å². The second kappa shape index (κ2) is 8.02. The van der Waals surface area contributed by atoms with Crippen LogP contribution >= 0.6 is 0 Å².